The molecule has 0 bridgehead atoms. The Labute approximate surface area is 237 Å². The molecule has 5 aromatic rings. The van der Waals surface area contributed by atoms with E-state index in [1.807, 2.05) is 32.0 Å². The van der Waals surface area contributed by atoms with Crippen molar-refractivity contribution >= 4 is 17.6 Å². The van der Waals surface area contributed by atoms with Crippen LogP contribution < -0.4 is 14.8 Å². The summed E-state index contributed by atoms with van der Waals surface area (Å²) in [7, 11) is 1.54. The molecule has 206 valence electrons. The number of carbonyl (C=O) groups excluding carboxylic acids is 2. The lowest BCUT2D eigenvalue weighted by molar-refractivity contribution is -0.132. The number of nitrogens with zero attached hydrogens (tertiary/aromatic N) is 2. The number of amides is 1. The molecular weight excluding hydrogens is 521 g/mol. The van der Waals surface area contributed by atoms with Crippen LogP contribution in [0.4, 0.5) is 10.1 Å². The predicted octanol–water partition coefficient (Wildman–Crippen LogP) is 7.15. The molecule has 1 aromatic heterocycles. The maximum Gasteiger partial charge on any atom is 0.309 e. The quantitative estimate of drug-likeness (QED) is 0.218. The van der Waals surface area contributed by atoms with Gasteiger partial charge in [-0.25, -0.2) is 4.39 Å². The number of aromatic nitrogens is 2. The third-order valence-electron chi connectivity index (χ3n) is 6.78. The summed E-state index contributed by atoms with van der Waals surface area (Å²) in [5.74, 6) is -0.562. The molecule has 1 heterocycles. The van der Waals surface area contributed by atoms with Crippen molar-refractivity contribution in [3.63, 3.8) is 0 Å². The van der Waals surface area contributed by atoms with Crippen molar-refractivity contribution in [2.24, 2.45) is 0 Å². The molecule has 0 radical (unpaired) electrons. The molecule has 4 aromatic carbocycles. The molecule has 1 amide bonds. The van der Waals surface area contributed by atoms with E-state index in [0.29, 0.717) is 39.5 Å². The average molecular weight is 550 g/mol. The molecule has 0 unspecified atom stereocenters. The molecule has 0 spiro atoms. The first-order chi connectivity index (χ1) is 19.8. The largest absolute Gasteiger partial charge is 0.497 e. The van der Waals surface area contributed by atoms with Crippen LogP contribution in [0.3, 0.4) is 0 Å². The topological polar surface area (TPSA) is 82.4 Å². The molecule has 0 aliphatic rings. The SMILES string of the molecule is COc1cccc(C(=O)Nc2ccc(-c3c(-c4ccccc4F)nn(-c4cccc(C)c4C)c3OC(C)=O)cc2)c1. The highest BCUT2D eigenvalue weighted by Gasteiger charge is 2.26. The number of ether oxygens (including phenoxy) is 2. The first-order valence-electron chi connectivity index (χ1n) is 13.0. The maximum absolute atomic E-state index is 15.1. The summed E-state index contributed by atoms with van der Waals surface area (Å²) in [6.07, 6.45) is 0. The van der Waals surface area contributed by atoms with Gasteiger partial charge in [0.05, 0.1) is 18.4 Å². The van der Waals surface area contributed by atoms with Crippen LogP contribution in [0.25, 0.3) is 28.1 Å². The van der Waals surface area contributed by atoms with E-state index in [1.165, 1.54) is 20.1 Å². The Morgan fingerprint density at radius 3 is 2.34 bits per heavy atom. The number of hydrogen-bond acceptors (Lipinski definition) is 5. The van der Waals surface area contributed by atoms with Crippen LogP contribution in [-0.4, -0.2) is 28.8 Å². The van der Waals surface area contributed by atoms with E-state index in [1.54, 1.807) is 71.4 Å². The second kappa shape index (κ2) is 11.5. The van der Waals surface area contributed by atoms with Gasteiger partial charge in [-0.1, -0.05) is 42.5 Å². The zero-order valence-corrected chi connectivity index (χ0v) is 23.1. The fourth-order valence-electron chi connectivity index (χ4n) is 4.55. The van der Waals surface area contributed by atoms with E-state index in [-0.39, 0.29) is 17.4 Å². The van der Waals surface area contributed by atoms with Crippen molar-refractivity contribution in [3.05, 3.63) is 114 Å². The van der Waals surface area contributed by atoms with Crippen molar-refractivity contribution in [2.75, 3.05) is 12.4 Å². The van der Waals surface area contributed by atoms with Gasteiger partial charge >= 0.3 is 5.97 Å². The number of hydrogen-bond donors (Lipinski definition) is 1. The summed E-state index contributed by atoms with van der Waals surface area (Å²) in [6.45, 7) is 5.24. The highest BCUT2D eigenvalue weighted by atomic mass is 19.1. The Bertz CT molecular complexity index is 1760. The van der Waals surface area contributed by atoms with Gasteiger partial charge in [0.15, 0.2) is 0 Å². The number of halogens is 1. The van der Waals surface area contributed by atoms with Crippen molar-refractivity contribution < 1.29 is 23.5 Å². The predicted molar refractivity (Wildman–Crippen MR) is 156 cm³/mol. The minimum Gasteiger partial charge on any atom is -0.497 e. The third kappa shape index (κ3) is 5.58. The molecule has 0 saturated carbocycles. The van der Waals surface area contributed by atoms with Crippen LogP contribution in [0.5, 0.6) is 11.6 Å². The van der Waals surface area contributed by atoms with Crippen molar-refractivity contribution in [1.82, 2.24) is 9.78 Å². The van der Waals surface area contributed by atoms with Crippen LogP contribution in [0.2, 0.25) is 0 Å². The van der Waals surface area contributed by atoms with Gasteiger partial charge in [0, 0.05) is 23.7 Å². The van der Waals surface area contributed by atoms with E-state index in [2.05, 4.69) is 5.32 Å². The number of carbonyl (C=O) groups is 2. The van der Waals surface area contributed by atoms with Gasteiger partial charge in [0.25, 0.3) is 5.91 Å². The molecule has 5 rings (SSSR count). The molecule has 0 saturated heterocycles. The van der Waals surface area contributed by atoms with Gasteiger partial charge in [-0.3, -0.25) is 9.59 Å². The molecule has 41 heavy (non-hydrogen) atoms. The average Bonchev–Trinajstić information content (AvgIpc) is 3.33. The van der Waals surface area contributed by atoms with Crippen LogP contribution in [-0.2, 0) is 4.79 Å². The molecule has 1 N–H and O–H groups in total. The van der Waals surface area contributed by atoms with Gasteiger partial charge in [0.1, 0.15) is 17.3 Å². The number of nitrogens with one attached hydrogen (secondary N) is 1. The lowest BCUT2D eigenvalue weighted by Gasteiger charge is -2.13. The number of esters is 1. The first-order valence-corrected chi connectivity index (χ1v) is 13.0. The number of rotatable bonds is 7. The number of anilines is 1. The normalized spacial score (nSPS) is 10.8. The van der Waals surface area contributed by atoms with Crippen LogP contribution in [0.1, 0.15) is 28.4 Å². The van der Waals surface area contributed by atoms with Gasteiger partial charge in [-0.05, 0) is 79.1 Å². The van der Waals surface area contributed by atoms with Gasteiger partial charge in [-0.2, -0.15) is 9.78 Å². The Morgan fingerprint density at radius 1 is 0.902 bits per heavy atom. The van der Waals surface area contributed by atoms with E-state index in [0.717, 1.165) is 11.1 Å². The highest BCUT2D eigenvalue weighted by molar-refractivity contribution is 6.04. The van der Waals surface area contributed by atoms with Gasteiger partial charge in [0.2, 0.25) is 5.88 Å². The molecule has 0 aliphatic carbocycles. The summed E-state index contributed by atoms with van der Waals surface area (Å²) in [6, 6.07) is 25.9. The number of methoxy groups -OCH3 is 1. The summed E-state index contributed by atoms with van der Waals surface area (Å²) < 4.78 is 27.6. The molecule has 7 nitrogen and oxygen atoms in total. The highest BCUT2D eigenvalue weighted by Crippen LogP contribution is 2.42. The molecule has 0 atom stereocenters. The molecular formula is C33H28FN3O4. The minimum absolute atomic E-state index is 0.164. The first kappa shape index (κ1) is 27.3. The Kier molecular flexibility index (Phi) is 7.65. The van der Waals surface area contributed by atoms with E-state index in [9.17, 15) is 9.59 Å². The van der Waals surface area contributed by atoms with Gasteiger partial charge in [-0.15, -0.1) is 0 Å². The third-order valence-corrected chi connectivity index (χ3v) is 6.78. The zero-order valence-electron chi connectivity index (χ0n) is 23.1. The van der Waals surface area contributed by atoms with Crippen molar-refractivity contribution in [2.45, 2.75) is 20.8 Å². The summed E-state index contributed by atoms with van der Waals surface area (Å²) in [5, 5.41) is 7.66. The second-order valence-corrected chi connectivity index (χ2v) is 9.50. The maximum atomic E-state index is 15.1. The lowest BCUT2D eigenvalue weighted by atomic mass is 10.0. The standard InChI is InChI=1S/C33H28FN3O4/c1-20-9-7-14-29(21(20)2)37-33(41-22(3)38)30(31(36-37)27-12-5-6-13-28(27)34)23-15-17-25(18-16-23)35-32(39)24-10-8-11-26(19-24)40-4/h5-19H,1-4H3,(H,35,39). The fourth-order valence-corrected chi connectivity index (χ4v) is 4.55. The Balaban J connectivity index is 1.63. The summed E-state index contributed by atoms with van der Waals surface area (Å²) in [5.41, 5.74) is 5.29. The molecule has 0 aliphatic heterocycles. The number of aryl methyl sites for hydroxylation is 1. The van der Waals surface area contributed by atoms with Crippen molar-refractivity contribution in [1.29, 1.82) is 0 Å². The molecule has 0 fully saturated rings. The molecule has 8 heteroatoms. The number of benzene rings is 4. The van der Waals surface area contributed by atoms with Gasteiger partial charge < -0.3 is 14.8 Å². The van der Waals surface area contributed by atoms with E-state index >= 15 is 4.39 Å². The van der Waals surface area contributed by atoms with Crippen LogP contribution >= 0.6 is 0 Å². The van der Waals surface area contributed by atoms with Crippen molar-refractivity contribution in [3.8, 4) is 39.7 Å². The van der Waals surface area contributed by atoms with E-state index < -0.39 is 11.8 Å². The summed E-state index contributed by atoms with van der Waals surface area (Å²) >= 11 is 0. The lowest BCUT2D eigenvalue weighted by Crippen LogP contribution is -2.11. The second-order valence-electron chi connectivity index (χ2n) is 9.50. The Hall–Kier alpha value is -5.24. The smallest absolute Gasteiger partial charge is 0.309 e. The van der Waals surface area contributed by atoms with Crippen LogP contribution in [0, 0.1) is 19.7 Å². The Morgan fingerprint density at radius 2 is 1.63 bits per heavy atom. The van der Waals surface area contributed by atoms with Crippen LogP contribution in [0.15, 0.2) is 91.0 Å². The summed E-state index contributed by atoms with van der Waals surface area (Å²) in [4.78, 5) is 25.1. The van der Waals surface area contributed by atoms with E-state index in [4.69, 9.17) is 14.6 Å². The minimum atomic E-state index is -0.542. The zero-order chi connectivity index (χ0) is 29.1. The fraction of sp³-hybridized carbons (Fsp3) is 0.121. The monoisotopic (exact) mass is 549 g/mol.